The van der Waals surface area contributed by atoms with Crippen LogP contribution in [0.4, 0.5) is 0 Å². The summed E-state index contributed by atoms with van der Waals surface area (Å²) in [5.74, 6) is 2.44. The van der Waals surface area contributed by atoms with Crippen molar-refractivity contribution in [1.82, 2.24) is 5.32 Å². The first-order chi connectivity index (χ1) is 7.68. The average molecular weight is 224 g/mol. The van der Waals surface area contributed by atoms with Crippen LogP contribution in [0.2, 0.25) is 0 Å². The molecule has 0 aromatic heterocycles. The van der Waals surface area contributed by atoms with Gasteiger partial charge in [0.2, 0.25) is 0 Å². The maximum Gasteiger partial charge on any atom is 0.0646 e. The summed E-state index contributed by atoms with van der Waals surface area (Å²) in [6.07, 6.45) is 5.32. The Kier molecular flexibility index (Phi) is 2.73. The first-order valence-corrected chi connectivity index (χ1v) is 6.76. The molecule has 0 spiro atoms. The molecule has 16 heavy (non-hydrogen) atoms. The SMILES string of the molecule is CC1(NCC2C3CCC(C3)C2N)CCOC1. The zero-order valence-corrected chi connectivity index (χ0v) is 10.2. The van der Waals surface area contributed by atoms with Gasteiger partial charge in [-0.2, -0.15) is 0 Å². The molecule has 92 valence electrons. The van der Waals surface area contributed by atoms with Crippen LogP contribution < -0.4 is 11.1 Å². The van der Waals surface area contributed by atoms with Crippen LogP contribution in [-0.2, 0) is 4.74 Å². The fraction of sp³-hybridized carbons (Fsp3) is 1.00. The number of hydrogen-bond acceptors (Lipinski definition) is 3. The van der Waals surface area contributed by atoms with Gasteiger partial charge in [0.05, 0.1) is 6.61 Å². The maximum absolute atomic E-state index is 6.32. The highest BCUT2D eigenvalue weighted by molar-refractivity contribution is 5.00. The van der Waals surface area contributed by atoms with Gasteiger partial charge in [0.25, 0.3) is 0 Å². The van der Waals surface area contributed by atoms with Gasteiger partial charge in [-0.25, -0.2) is 0 Å². The summed E-state index contributed by atoms with van der Waals surface area (Å²) < 4.78 is 5.47. The van der Waals surface area contributed by atoms with Gasteiger partial charge in [-0.05, 0) is 50.4 Å². The average Bonchev–Trinajstić information content (AvgIpc) is 2.92. The van der Waals surface area contributed by atoms with Crippen molar-refractivity contribution in [2.24, 2.45) is 23.5 Å². The van der Waals surface area contributed by atoms with Gasteiger partial charge in [-0.1, -0.05) is 0 Å². The van der Waals surface area contributed by atoms with E-state index in [1.54, 1.807) is 0 Å². The zero-order chi connectivity index (χ0) is 11.2. The van der Waals surface area contributed by atoms with Crippen molar-refractivity contribution in [3.05, 3.63) is 0 Å². The molecule has 2 aliphatic carbocycles. The lowest BCUT2D eigenvalue weighted by atomic mass is 9.84. The standard InChI is InChI=1S/C13H24N2O/c1-13(4-5-16-8-13)15-7-11-9-2-3-10(6-9)12(11)14/h9-12,15H,2-8,14H2,1H3. The number of fused-ring (bicyclic) bond motifs is 2. The Bertz CT molecular complexity index is 261. The van der Waals surface area contributed by atoms with E-state index in [-0.39, 0.29) is 5.54 Å². The fourth-order valence-corrected chi connectivity index (χ4v) is 3.93. The molecule has 3 heteroatoms. The third-order valence-corrected chi connectivity index (χ3v) is 5.14. The number of hydrogen-bond donors (Lipinski definition) is 2. The zero-order valence-electron chi connectivity index (χ0n) is 10.2. The van der Waals surface area contributed by atoms with Gasteiger partial charge in [-0.3, -0.25) is 0 Å². The first kappa shape index (κ1) is 11.0. The molecule has 3 fully saturated rings. The molecule has 1 aliphatic heterocycles. The summed E-state index contributed by atoms with van der Waals surface area (Å²) in [6, 6.07) is 0.456. The highest BCUT2D eigenvalue weighted by Crippen LogP contribution is 2.47. The van der Waals surface area contributed by atoms with E-state index in [1.165, 1.54) is 19.3 Å². The lowest BCUT2D eigenvalue weighted by molar-refractivity contribution is 0.165. The highest BCUT2D eigenvalue weighted by atomic mass is 16.5. The van der Waals surface area contributed by atoms with Crippen LogP contribution in [0.25, 0.3) is 0 Å². The topological polar surface area (TPSA) is 47.3 Å². The van der Waals surface area contributed by atoms with E-state index in [9.17, 15) is 0 Å². The number of nitrogens with one attached hydrogen (secondary N) is 1. The van der Waals surface area contributed by atoms with Crippen LogP contribution in [0.3, 0.4) is 0 Å². The van der Waals surface area contributed by atoms with Crippen LogP contribution in [0.1, 0.15) is 32.6 Å². The fourth-order valence-electron chi connectivity index (χ4n) is 3.93. The summed E-state index contributed by atoms with van der Waals surface area (Å²) in [7, 11) is 0. The van der Waals surface area contributed by atoms with E-state index in [4.69, 9.17) is 10.5 Å². The van der Waals surface area contributed by atoms with Gasteiger partial charge < -0.3 is 15.8 Å². The van der Waals surface area contributed by atoms with Crippen LogP contribution in [0.5, 0.6) is 0 Å². The smallest absolute Gasteiger partial charge is 0.0646 e. The van der Waals surface area contributed by atoms with Crippen molar-refractivity contribution in [1.29, 1.82) is 0 Å². The Morgan fingerprint density at radius 3 is 2.81 bits per heavy atom. The van der Waals surface area contributed by atoms with Crippen LogP contribution in [0, 0.1) is 17.8 Å². The van der Waals surface area contributed by atoms with Gasteiger partial charge in [0.15, 0.2) is 0 Å². The third-order valence-electron chi connectivity index (χ3n) is 5.14. The van der Waals surface area contributed by atoms with E-state index in [1.807, 2.05) is 0 Å². The number of ether oxygens (including phenoxy) is 1. The molecule has 1 saturated heterocycles. The van der Waals surface area contributed by atoms with Gasteiger partial charge in [-0.15, -0.1) is 0 Å². The monoisotopic (exact) mass is 224 g/mol. The summed E-state index contributed by atoms with van der Waals surface area (Å²) in [6.45, 7) is 5.15. The van der Waals surface area contributed by atoms with E-state index in [0.717, 1.165) is 43.9 Å². The second-order valence-corrected chi connectivity index (χ2v) is 6.32. The van der Waals surface area contributed by atoms with E-state index < -0.39 is 0 Å². The Hall–Kier alpha value is -0.120. The molecule has 0 radical (unpaired) electrons. The molecule has 0 amide bonds. The minimum absolute atomic E-state index is 0.210. The molecule has 3 aliphatic rings. The normalized spacial score (nSPS) is 51.4. The van der Waals surface area contributed by atoms with E-state index in [2.05, 4.69) is 12.2 Å². The van der Waals surface area contributed by atoms with Crippen molar-refractivity contribution in [2.75, 3.05) is 19.8 Å². The van der Waals surface area contributed by atoms with Gasteiger partial charge >= 0.3 is 0 Å². The van der Waals surface area contributed by atoms with Crippen molar-refractivity contribution < 1.29 is 4.74 Å². The minimum atomic E-state index is 0.210. The number of nitrogens with two attached hydrogens (primary N) is 1. The van der Waals surface area contributed by atoms with Gasteiger partial charge in [0, 0.05) is 24.7 Å². The molecule has 0 aromatic carbocycles. The summed E-state index contributed by atoms with van der Waals surface area (Å²) in [5.41, 5.74) is 6.53. The largest absolute Gasteiger partial charge is 0.379 e. The maximum atomic E-state index is 6.32. The first-order valence-electron chi connectivity index (χ1n) is 6.76. The predicted molar refractivity (Wildman–Crippen MR) is 64.1 cm³/mol. The quantitative estimate of drug-likeness (QED) is 0.755. The predicted octanol–water partition coefficient (Wildman–Crippen LogP) is 1.13. The second-order valence-electron chi connectivity index (χ2n) is 6.32. The molecule has 1 heterocycles. The lowest BCUT2D eigenvalue weighted by Crippen LogP contribution is -2.49. The van der Waals surface area contributed by atoms with Crippen molar-refractivity contribution in [2.45, 2.75) is 44.2 Å². The third kappa shape index (κ3) is 1.79. The van der Waals surface area contributed by atoms with Crippen LogP contribution >= 0.6 is 0 Å². The van der Waals surface area contributed by atoms with Crippen molar-refractivity contribution in [3.63, 3.8) is 0 Å². The summed E-state index contributed by atoms with van der Waals surface area (Å²) in [4.78, 5) is 0. The summed E-state index contributed by atoms with van der Waals surface area (Å²) >= 11 is 0. The molecular formula is C13H24N2O. The Labute approximate surface area is 98.1 Å². The number of rotatable bonds is 3. The lowest BCUT2D eigenvalue weighted by Gasteiger charge is -2.32. The van der Waals surface area contributed by atoms with Crippen molar-refractivity contribution >= 4 is 0 Å². The molecule has 5 unspecified atom stereocenters. The van der Waals surface area contributed by atoms with Gasteiger partial charge in [0.1, 0.15) is 0 Å². The molecular weight excluding hydrogens is 200 g/mol. The molecule has 0 aromatic rings. The molecule has 2 saturated carbocycles. The van der Waals surface area contributed by atoms with E-state index in [0.29, 0.717) is 6.04 Å². The molecule has 3 rings (SSSR count). The second kappa shape index (κ2) is 3.97. The summed E-state index contributed by atoms with van der Waals surface area (Å²) in [5, 5.41) is 3.71. The van der Waals surface area contributed by atoms with Crippen molar-refractivity contribution in [3.8, 4) is 0 Å². The Balaban J connectivity index is 1.55. The van der Waals surface area contributed by atoms with Crippen LogP contribution in [0.15, 0.2) is 0 Å². The molecule has 3 N–H and O–H groups in total. The Morgan fingerprint density at radius 1 is 1.38 bits per heavy atom. The van der Waals surface area contributed by atoms with Crippen LogP contribution in [-0.4, -0.2) is 31.3 Å². The van der Waals surface area contributed by atoms with E-state index >= 15 is 0 Å². The minimum Gasteiger partial charge on any atom is -0.379 e. The molecule has 5 atom stereocenters. The highest BCUT2D eigenvalue weighted by Gasteiger charge is 2.46. The Morgan fingerprint density at radius 2 is 2.19 bits per heavy atom. The molecule has 2 bridgehead atoms. The molecule has 3 nitrogen and oxygen atoms in total.